The summed E-state index contributed by atoms with van der Waals surface area (Å²) in [5.41, 5.74) is 0.692. The molecule has 0 saturated carbocycles. The van der Waals surface area contributed by atoms with Crippen LogP contribution in [-0.2, 0) is 30.4 Å². The number of rotatable bonds is 12. The Morgan fingerprint density at radius 2 is 2.08 bits per heavy atom. The molecule has 0 spiro atoms. The maximum Gasteiger partial charge on any atom is 0.325 e. The summed E-state index contributed by atoms with van der Waals surface area (Å²) in [5, 5.41) is 17.0. The zero-order valence-electron chi connectivity index (χ0n) is 21.2. The molecular formula is C25H30N6O6S. The highest BCUT2D eigenvalue weighted by atomic mass is 32.1. The van der Waals surface area contributed by atoms with Crippen molar-refractivity contribution < 1.29 is 28.6 Å². The number of amides is 2. The number of hydrogen-bond acceptors (Lipinski definition) is 10. The number of nitrogens with one attached hydrogen (secondary N) is 1. The molecule has 1 N–H and O–H groups in total. The fourth-order valence-electron chi connectivity index (χ4n) is 4.03. The predicted molar refractivity (Wildman–Crippen MR) is 137 cm³/mol. The lowest BCUT2D eigenvalue weighted by Gasteiger charge is -2.29. The van der Waals surface area contributed by atoms with Crippen LogP contribution >= 0.6 is 11.3 Å². The number of tetrazole rings is 1. The lowest BCUT2D eigenvalue weighted by Crippen LogP contribution is -2.48. The normalized spacial score (nSPS) is 15.6. The molecule has 13 heteroatoms. The number of esters is 1. The van der Waals surface area contributed by atoms with Crippen LogP contribution in [0.15, 0.2) is 41.8 Å². The largest absolute Gasteiger partial charge is 0.497 e. The van der Waals surface area contributed by atoms with E-state index >= 15 is 0 Å². The lowest BCUT2D eigenvalue weighted by atomic mass is 10.1. The summed E-state index contributed by atoms with van der Waals surface area (Å²) >= 11 is 1.32. The van der Waals surface area contributed by atoms with Gasteiger partial charge in [0.2, 0.25) is 17.6 Å². The first-order chi connectivity index (χ1) is 18.5. The van der Waals surface area contributed by atoms with Crippen LogP contribution in [-0.4, -0.2) is 82.4 Å². The highest BCUT2D eigenvalue weighted by Gasteiger charge is 2.35. The van der Waals surface area contributed by atoms with E-state index in [1.807, 2.05) is 5.38 Å². The number of benzene rings is 1. The average molecular weight is 543 g/mol. The average Bonchev–Trinajstić information content (AvgIpc) is 3.71. The first kappa shape index (κ1) is 27.2. The lowest BCUT2D eigenvalue weighted by molar-refractivity contribution is -0.153. The second-order valence-corrected chi connectivity index (χ2v) is 9.48. The fraction of sp³-hybridized carbons (Fsp3) is 0.440. The molecule has 3 heterocycles. The molecule has 12 nitrogen and oxygen atoms in total. The van der Waals surface area contributed by atoms with E-state index in [4.69, 9.17) is 14.2 Å². The van der Waals surface area contributed by atoms with Crippen LogP contribution in [0.3, 0.4) is 0 Å². The summed E-state index contributed by atoms with van der Waals surface area (Å²) in [4.78, 5) is 42.4. The minimum Gasteiger partial charge on any atom is -0.497 e. The summed E-state index contributed by atoms with van der Waals surface area (Å²) in [6.45, 7) is 2.05. The molecule has 1 aliphatic rings. The van der Waals surface area contributed by atoms with Gasteiger partial charge in [0.05, 0.1) is 19.8 Å². The predicted octanol–water partition coefficient (Wildman–Crippen LogP) is 1.84. The Hall–Kier alpha value is -3.84. The zero-order chi connectivity index (χ0) is 26.9. The Bertz CT molecular complexity index is 1210. The third kappa shape index (κ3) is 6.92. The second-order valence-electron chi connectivity index (χ2n) is 8.50. The molecule has 0 bridgehead atoms. The van der Waals surface area contributed by atoms with Gasteiger partial charge in [0.15, 0.2) is 0 Å². The van der Waals surface area contributed by atoms with Gasteiger partial charge in [-0.15, -0.1) is 21.5 Å². The van der Waals surface area contributed by atoms with Gasteiger partial charge in [0, 0.05) is 23.6 Å². The molecule has 1 aromatic carbocycles. The first-order valence-electron chi connectivity index (χ1n) is 12.3. The molecule has 2 aromatic heterocycles. The van der Waals surface area contributed by atoms with Crippen LogP contribution in [0.1, 0.15) is 30.7 Å². The number of thiophene rings is 1. The van der Waals surface area contributed by atoms with Crippen molar-refractivity contribution in [1.29, 1.82) is 0 Å². The van der Waals surface area contributed by atoms with E-state index in [1.165, 1.54) is 16.2 Å². The van der Waals surface area contributed by atoms with Crippen molar-refractivity contribution in [2.45, 2.75) is 38.5 Å². The maximum absolute atomic E-state index is 13.6. The minimum atomic E-state index is -1.04. The standard InChI is InChI=1S/C25H30N6O6S/c1-3-36-22(33)16-30(23(20-7-5-13-38-20)25(34)26-14-19-6-4-12-37-19)21(32)15-31-28-24(27-29-31)17-8-10-18(35-2)11-9-17/h5,7-11,13,19,23H,3-4,6,12,14-16H2,1-2H3,(H,26,34). The summed E-state index contributed by atoms with van der Waals surface area (Å²) in [6, 6.07) is 9.58. The Labute approximate surface area is 223 Å². The van der Waals surface area contributed by atoms with Crippen molar-refractivity contribution in [1.82, 2.24) is 30.4 Å². The van der Waals surface area contributed by atoms with E-state index in [0.29, 0.717) is 35.2 Å². The van der Waals surface area contributed by atoms with Gasteiger partial charge >= 0.3 is 5.97 Å². The van der Waals surface area contributed by atoms with Crippen LogP contribution in [0.4, 0.5) is 0 Å². The van der Waals surface area contributed by atoms with Crippen LogP contribution in [0.5, 0.6) is 5.75 Å². The van der Waals surface area contributed by atoms with E-state index in [-0.39, 0.29) is 19.3 Å². The number of ether oxygens (including phenoxy) is 3. The number of aromatic nitrogens is 4. The van der Waals surface area contributed by atoms with Gasteiger partial charge in [0.1, 0.15) is 24.9 Å². The Kier molecular flexibility index (Phi) is 9.38. The Morgan fingerprint density at radius 3 is 2.74 bits per heavy atom. The molecular weight excluding hydrogens is 512 g/mol. The van der Waals surface area contributed by atoms with E-state index in [1.54, 1.807) is 50.4 Å². The number of hydrogen-bond donors (Lipinski definition) is 1. The van der Waals surface area contributed by atoms with Gasteiger partial charge in [-0.2, -0.15) is 4.80 Å². The first-order valence-corrected chi connectivity index (χ1v) is 13.2. The third-order valence-electron chi connectivity index (χ3n) is 5.90. The van der Waals surface area contributed by atoms with Gasteiger partial charge in [-0.05, 0) is 60.7 Å². The van der Waals surface area contributed by atoms with E-state index in [0.717, 1.165) is 17.6 Å². The maximum atomic E-state index is 13.6. The van der Waals surface area contributed by atoms with E-state index in [9.17, 15) is 14.4 Å². The minimum absolute atomic E-state index is 0.0760. The topological polar surface area (TPSA) is 138 Å². The molecule has 2 unspecified atom stereocenters. The zero-order valence-corrected chi connectivity index (χ0v) is 22.1. The smallest absolute Gasteiger partial charge is 0.325 e. The van der Waals surface area contributed by atoms with Crippen molar-refractivity contribution in [3.63, 3.8) is 0 Å². The number of nitrogens with zero attached hydrogens (tertiary/aromatic N) is 5. The van der Waals surface area contributed by atoms with Crippen LogP contribution < -0.4 is 10.1 Å². The fourth-order valence-corrected chi connectivity index (χ4v) is 4.87. The summed E-state index contributed by atoms with van der Waals surface area (Å²) < 4.78 is 15.9. The van der Waals surface area contributed by atoms with Crippen molar-refractivity contribution in [3.8, 4) is 17.1 Å². The molecule has 0 aliphatic carbocycles. The molecule has 3 aromatic rings. The van der Waals surface area contributed by atoms with E-state index in [2.05, 4.69) is 20.7 Å². The van der Waals surface area contributed by atoms with Crippen LogP contribution in [0.25, 0.3) is 11.4 Å². The Morgan fingerprint density at radius 1 is 1.26 bits per heavy atom. The summed E-state index contributed by atoms with van der Waals surface area (Å²) in [6.07, 6.45) is 1.71. The van der Waals surface area contributed by atoms with Gasteiger partial charge in [-0.25, -0.2) is 0 Å². The number of carbonyl (C=O) groups excluding carboxylic acids is 3. The molecule has 2 atom stereocenters. The highest BCUT2D eigenvalue weighted by molar-refractivity contribution is 7.10. The number of carbonyl (C=O) groups is 3. The summed E-state index contributed by atoms with van der Waals surface area (Å²) in [7, 11) is 1.57. The van der Waals surface area contributed by atoms with Crippen molar-refractivity contribution in [2.24, 2.45) is 0 Å². The molecule has 38 heavy (non-hydrogen) atoms. The molecule has 4 rings (SSSR count). The highest BCUT2D eigenvalue weighted by Crippen LogP contribution is 2.27. The molecule has 202 valence electrons. The molecule has 0 radical (unpaired) electrons. The van der Waals surface area contributed by atoms with Gasteiger partial charge in [-0.3, -0.25) is 14.4 Å². The molecule has 1 saturated heterocycles. The summed E-state index contributed by atoms with van der Waals surface area (Å²) in [5.74, 6) is -0.571. The second kappa shape index (κ2) is 13.1. The number of methoxy groups -OCH3 is 1. The van der Waals surface area contributed by atoms with Crippen molar-refractivity contribution in [3.05, 3.63) is 46.7 Å². The molecule has 1 fully saturated rings. The van der Waals surface area contributed by atoms with Crippen molar-refractivity contribution >= 4 is 29.1 Å². The van der Waals surface area contributed by atoms with E-state index < -0.39 is 30.4 Å². The quantitative estimate of drug-likeness (QED) is 0.340. The van der Waals surface area contributed by atoms with Gasteiger partial charge in [0.25, 0.3) is 0 Å². The molecule has 2 amide bonds. The van der Waals surface area contributed by atoms with Gasteiger partial charge in [-0.1, -0.05) is 6.07 Å². The third-order valence-corrected chi connectivity index (χ3v) is 6.83. The molecule has 1 aliphatic heterocycles. The van der Waals surface area contributed by atoms with Crippen molar-refractivity contribution in [2.75, 3.05) is 33.4 Å². The van der Waals surface area contributed by atoms with Crippen LogP contribution in [0.2, 0.25) is 0 Å². The Balaban J connectivity index is 1.54. The monoisotopic (exact) mass is 542 g/mol. The van der Waals surface area contributed by atoms with Crippen LogP contribution in [0, 0.1) is 0 Å². The van der Waals surface area contributed by atoms with Gasteiger partial charge < -0.3 is 24.4 Å². The SMILES string of the molecule is CCOC(=O)CN(C(=O)Cn1nnc(-c2ccc(OC)cc2)n1)C(C(=O)NCC1CCCO1)c1cccs1.